The summed E-state index contributed by atoms with van der Waals surface area (Å²) in [5, 5.41) is 0. The lowest BCUT2D eigenvalue weighted by atomic mass is 10.1. The Labute approximate surface area is 116 Å². The highest BCUT2D eigenvalue weighted by molar-refractivity contribution is 7.88. The van der Waals surface area contributed by atoms with Gasteiger partial charge in [-0.2, -0.15) is 4.31 Å². The number of quaternary nitrogens is 1. The van der Waals surface area contributed by atoms with Crippen molar-refractivity contribution < 1.29 is 13.3 Å². The minimum absolute atomic E-state index is 0.666. The molecule has 1 N–H and O–H groups in total. The topological polar surface area (TPSA) is 41.8 Å². The molecule has 0 bridgehead atoms. The lowest BCUT2D eigenvalue weighted by Gasteiger charge is -2.30. The third kappa shape index (κ3) is 4.60. The van der Waals surface area contributed by atoms with Crippen molar-refractivity contribution in [1.29, 1.82) is 0 Å². The first-order valence-corrected chi connectivity index (χ1v) is 8.73. The van der Waals surface area contributed by atoms with Crippen LogP contribution in [0.15, 0.2) is 30.3 Å². The molecule has 0 saturated carbocycles. The Balaban J connectivity index is 1.69. The molecule has 106 valence electrons. The van der Waals surface area contributed by atoms with Gasteiger partial charge in [-0.3, -0.25) is 0 Å². The second-order valence-corrected chi connectivity index (χ2v) is 7.23. The van der Waals surface area contributed by atoms with Gasteiger partial charge in [0.15, 0.2) is 0 Å². The Hall–Kier alpha value is -0.910. The maximum absolute atomic E-state index is 11.4. The predicted molar refractivity (Wildman–Crippen MR) is 76.7 cm³/mol. The van der Waals surface area contributed by atoms with Gasteiger partial charge in [-0.05, 0) is 12.0 Å². The molecule has 1 saturated heterocycles. The van der Waals surface area contributed by atoms with E-state index in [4.69, 9.17) is 0 Å². The second kappa shape index (κ2) is 6.50. The normalized spacial score (nSPS) is 18.6. The van der Waals surface area contributed by atoms with Crippen molar-refractivity contribution in [1.82, 2.24) is 4.31 Å². The van der Waals surface area contributed by atoms with Crippen LogP contribution in [-0.2, 0) is 16.4 Å². The number of sulfonamides is 1. The molecule has 1 fully saturated rings. The summed E-state index contributed by atoms with van der Waals surface area (Å²) in [7, 11) is -2.99. The minimum Gasteiger partial charge on any atom is -0.333 e. The van der Waals surface area contributed by atoms with Crippen molar-refractivity contribution in [2.24, 2.45) is 0 Å². The van der Waals surface area contributed by atoms with Gasteiger partial charge in [0.25, 0.3) is 0 Å². The number of hydrogen-bond donors (Lipinski definition) is 1. The highest BCUT2D eigenvalue weighted by Crippen LogP contribution is 2.01. The zero-order valence-electron chi connectivity index (χ0n) is 11.5. The van der Waals surface area contributed by atoms with E-state index in [9.17, 15) is 8.42 Å². The predicted octanol–water partition coefficient (Wildman–Crippen LogP) is -0.221. The quantitative estimate of drug-likeness (QED) is 0.812. The fourth-order valence-electron chi connectivity index (χ4n) is 2.57. The summed E-state index contributed by atoms with van der Waals surface area (Å²) in [6, 6.07) is 10.5. The first-order chi connectivity index (χ1) is 9.05. The number of nitrogens with zero attached hydrogens (tertiary/aromatic N) is 1. The number of rotatable bonds is 5. The Bertz CT molecular complexity index is 479. The highest BCUT2D eigenvalue weighted by atomic mass is 32.2. The molecule has 1 aromatic rings. The lowest BCUT2D eigenvalue weighted by molar-refractivity contribution is -0.903. The first-order valence-electron chi connectivity index (χ1n) is 6.88. The number of aryl methyl sites for hydroxylation is 1. The van der Waals surface area contributed by atoms with E-state index in [1.807, 2.05) is 6.07 Å². The van der Waals surface area contributed by atoms with E-state index >= 15 is 0 Å². The van der Waals surface area contributed by atoms with Gasteiger partial charge >= 0.3 is 0 Å². The number of nitrogens with one attached hydrogen (secondary N) is 1. The van der Waals surface area contributed by atoms with Crippen LogP contribution in [0.1, 0.15) is 12.0 Å². The molecule has 0 aromatic heterocycles. The van der Waals surface area contributed by atoms with Crippen molar-refractivity contribution in [3.8, 4) is 0 Å². The van der Waals surface area contributed by atoms with Crippen LogP contribution in [0.25, 0.3) is 0 Å². The monoisotopic (exact) mass is 283 g/mol. The van der Waals surface area contributed by atoms with Gasteiger partial charge < -0.3 is 4.90 Å². The fourth-order valence-corrected chi connectivity index (χ4v) is 3.42. The molecule has 0 aliphatic carbocycles. The van der Waals surface area contributed by atoms with Crippen LogP contribution in [0.4, 0.5) is 0 Å². The average molecular weight is 283 g/mol. The molecular weight excluding hydrogens is 260 g/mol. The SMILES string of the molecule is CS(=O)(=O)N1CC[NH+](CCCc2ccccc2)CC1. The van der Waals surface area contributed by atoms with Crippen LogP contribution in [0.5, 0.6) is 0 Å². The van der Waals surface area contributed by atoms with Gasteiger partial charge in [0.1, 0.15) is 0 Å². The molecule has 1 aliphatic rings. The third-order valence-corrected chi connectivity index (χ3v) is 5.04. The molecular formula is C14H23N2O2S+. The zero-order valence-corrected chi connectivity index (χ0v) is 12.3. The van der Waals surface area contributed by atoms with E-state index in [1.54, 1.807) is 4.31 Å². The van der Waals surface area contributed by atoms with Gasteiger partial charge in [-0.15, -0.1) is 0 Å². The summed E-state index contributed by atoms with van der Waals surface area (Å²) < 4.78 is 24.4. The van der Waals surface area contributed by atoms with Crippen LogP contribution in [-0.4, -0.2) is 51.7 Å². The summed E-state index contributed by atoms with van der Waals surface area (Å²) >= 11 is 0. The molecule has 1 aliphatic heterocycles. The van der Waals surface area contributed by atoms with Crippen molar-refractivity contribution in [2.45, 2.75) is 12.8 Å². The molecule has 5 heteroatoms. The molecule has 4 nitrogen and oxygen atoms in total. The average Bonchev–Trinajstić information content (AvgIpc) is 2.39. The lowest BCUT2D eigenvalue weighted by Crippen LogP contribution is -3.14. The summed E-state index contributed by atoms with van der Waals surface area (Å²) in [6.07, 6.45) is 3.58. The van der Waals surface area contributed by atoms with Crippen LogP contribution in [0, 0.1) is 0 Å². The minimum atomic E-state index is -2.99. The van der Waals surface area contributed by atoms with E-state index in [0.717, 1.165) is 32.5 Å². The smallest absolute Gasteiger partial charge is 0.211 e. The zero-order chi connectivity index (χ0) is 13.7. The molecule has 19 heavy (non-hydrogen) atoms. The summed E-state index contributed by atoms with van der Waals surface area (Å²) in [4.78, 5) is 1.52. The molecule has 0 amide bonds. The van der Waals surface area contributed by atoms with Crippen LogP contribution >= 0.6 is 0 Å². The van der Waals surface area contributed by atoms with Gasteiger partial charge in [0, 0.05) is 6.42 Å². The highest BCUT2D eigenvalue weighted by Gasteiger charge is 2.25. The Morgan fingerprint density at radius 1 is 1.16 bits per heavy atom. The fraction of sp³-hybridized carbons (Fsp3) is 0.571. The number of benzene rings is 1. The van der Waals surface area contributed by atoms with E-state index < -0.39 is 10.0 Å². The van der Waals surface area contributed by atoms with Gasteiger partial charge in [0.05, 0.1) is 39.0 Å². The summed E-state index contributed by atoms with van der Waals surface area (Å²) in [5.74, 6) is 0. The molecule has 0 spiro atoms. The molecule has 2 rings (SSSR count). The Morgan fingerprint density at radius 3 is 2.37 bits per heavy atom. The molecule has 1 heterocycles. The number of hydrogen-bond acceptors (Lipinski definition) is 2. The maximum atomic E-state index is 11.4. The van der Waals surface area contributed by atoms with Crippen LogP contribution in [0.2, 0.25) is 0 Å². The Morgan fingerprint density at radius 2 is 1.79 bits per heavy atom. The van der Waals surface area contributed by atoms with Crippen LogP contribution < -0.4 is 4.90 Å². The molecule has 0 unspecified atom stereocenters. The van der Waals surface area contributed by atoms with Gasteiger partial charge in [0.2, 0.25) is 10.0 Å². The van der Waals surface area contributed by atoms with Gasteiger partial charge in [-0.25, -0.2) is 8.42 Å². The Kier molecular flexibility index (Phi) is 4.96. The van der Waals surface area contributed by atoms with E-state index in [0.29, 0.717) is 13.1 Å². The van der Waals surface area contributed by atoms with E-state index in [-0.39, 0.29) is 0 Å². The largest absolute Gasteiger partial charge is 0.333 e. The summed E-state index contributed by atoms with van der Waals surface area (Å²) in [6.45, 7) is 4.33. The number of piperazine rings is 1. The third-order valence-electron chi connectivity index (χ3n) is 3.74. The van der Waals surface area contributed by atoms with E-state index in [2.05, 4.69) is 24.3 Å². The molecule has 0 radical (unpaired) electrons. The van der Waals surface area contributed by atoms with Crippen molar-refractivity contribution in [3.63, 3.8) is 0 Å². The van der Waals surface area contributed by atoms with Crippen molar-refractivity contribution >= 4 is 10.0 Å². The second-order valence-electron chi connectivity index (χ2n) is 5.25. The van der Waals surface area contributed by atoms with Gasteiger partial charge in [-0.1, -0.05) is 30.3 Å². The molecule has 1 aromatic carbocycles. The maximum Gasteiger partial charge on any atom is 0.211 e. The first kappa shape index (κ1) is 14.5. The standard InChI is InChI=1S/C14H22N2O2S/c1-19(17,18)16-12-10-15(11-13-16)9-5-8-14-6-3-2-4-7-14/h2-4,6-7H,5,8-13H2,1H3/p+1. The van der Waals surface area contributed by atoms with Crippen LogP contribution in [0.3, 0.4) is 0 Å². The van der Waals surface area contributed by atoms with Crippen molar-refractivity contribution in [2.75, 3.05) is 39.0 Å². The summed E-state index contributed by atoms with van der Waals surface area (Å²) in [5.41, 5.74) is 1.39. The molecule has 0 atom stereocenters. The van der Waals surface area contributed by atoms with E-state index in [1.165, 1.54) is 16.7 Å². The van der Waals surface area contributed by atoms with Crippen molar-refractivity contribution in [3.05, 3.63) is 35.9 Å².